The molecule has 100 valence electrons. The number of hydrogen-bond acceptors (Lipinski definition) is 2. The van der Waals surface area contributed by atoms with Crippen LogP contribution in [0.1, 0.15) is 50.8 Å². The maximum absolute atomic E-state index is 5.68. The SMILES string of the molecule is CCNC(c1ccc2c(c1)CCCO2)C(C)CC. The minimum atomic E-state index is 0.465. The minimum absolute atomic E-state index is 0.465. The second kappa shape index (κ2) is 6.24. The summed E-state index contributed by atoms with van der Waals surface area (Å²) >= 11 is 0. The molecule has 0 aliphatic carbocycles. The molecule has 0 bridgehead atoms. The van der Waals surface area contributed by atoms with Crippen LogP contribution < -0.4 is 10.1 Å². The van der Waals surface area contributed by atoms with Gasteiger partial charge in [0.05, 0.1) is 6.61 Å². The Balaban J connectivity index is 2.24. The number of aryl methyl sites for hydroxylation is 1. The Labute approximate surface area is 111 Å². The van der Waals surface area contributed by atoms with E-state index in [0.717, 1.165) is 31.7 Å². The smallest absolute Gasteiger partial charge is 0.122 e. The minimum Gasteiger partial charge on any atom is -0.493 e. The van der Waals surface area contributed by atoms with Crippen molar-refractivity contribution in [3.05, 3.63) is 29.3 Å². The highest BCUT2D eigenvalue weighted by Gasteiger charge is 2.19. The first-order valence-corrected chi connectivity index (χ1v) is 7.25. The Hall–Kier alpha value is -1.02. The highest BCUT2D eigenvalue weighted by Crippen LogP contribution is 2.31. The second-order valence-corrected chi connectivity index (χ2v) is 5.24. The average molecular weight is 247 g/mol. The molecule has 1 N–H and O–H groups in total. The normalized spacial score (nSPS) is 17.7. The molecule has 2 nitrogen and oxygen atoms in total. The summed E-state index contributed by atoms with van der Waals surface area (Å²) in [6.45, 7) is 8.65. The van der Waals surface area contributed by atoms with Gasteiger partial charge in [0.25, 0.3) is 0 Å². The van der Waals surface area contributed by atoms with Gasteiger partial charge in [-0.2, -0.15) is 0 Å². The van der Waals surface area contributed by atoms with Crippen molar-refractivity contribution in [1.29, 1.82) is 0 Å². The van der Waals surface area contributed by atoms with E-state index in [1.54, 1.807) is 0 Å². The average Bonchev–Trinajstić information content (AvgIpc) is 2.43. The van der Waals surface area contributed by atoms with E-state index in [4.69, 9.17) is 4.74 Å². The van der Waals surface area contributed by atoms with E-state index < -0.39 is 0 Å². The Morgan fingerprint density at radius 1 is 1.33 bits per heavy atom. The molecular formula is C16H25NO. The molecule has 0 saturated carbocycles. The van der Waals surface area contributed by atoms with E-state index in [-0.39, 0.29) is 0 Å². The van der Waals surface area contributed by atoms with Crippen molar-refractivity contribution in [3.8, 4) is 5.75 Å². The predicted octanol–water partition coefficient (Wildman–Crippen LogP) is 3.71. The highest BCUT2D eigenvalue weighted by atomic mass is 16.5. The fraction of sp³-hybridized carbons (Fsp3) is 0.625. The van der Waals surface area contributed by atoms with E-state index in [1.165, 1.54) is 17.5 Å². The number of benzene rings is 1. The van der Waals surface area contributed by atoms with E-state index in [9.17, 15) is 0 Å². The summed E-state index contributed by atoms with van der Waals surface area (Å²) in [5.41, 5.74) is 2.79. The zero-order valence-corrected chi connectivity index (χ0v) is 11.8. The fourth-order valence-corrected chi connectivity index (χ4v) is 2.68. The lowest BCUT2D eigenvalue weighted by Gasteiger charge is -2.26. The van der Waals surface area contributed by atoms with Crippen LogP contribution in [0, 0.1) is 5.92 Å². The molecule has 0 amide bonds. The molecule has 0 fully saturated rings. The molecule has 1 aliphatic rings. The quantitative estimate of drug-likeness (QED) is 0.856. The number of nitrogens with one attached hydrogen (secondary N) is 1. The molecule has 2 rings (SSSR count). The first kappa shape index (κ1) is 13.4. The van der Waals surface area contributed by atoms with Crippen LogP contribution in [0.2, 0.25) is 0 Å². The Kier molecular flexibility index (Phi) is 4.65. The first-order valence-electron chi connectivity index (χ1n) is 7.25. The van der Waals surface area contributed by atoms with Gasteiger partial charge in [-0.25, -0.2) is 0 Å². The van der Waals surface area contributed by atoms with Crippen LogP contribution in [0.25, 0.3) is 0 Å². The third-order valence-electron chi connectivity index (χ3n) is 3.93. The summed E-state index contributed by atoms with van der Waals surface area (Å²) in [4.78, 5) is 0. The van der Waals surface area contributed by atoms with Gasteiger partial charge >= 0.3 is 0 Å². The van der Waals surface area contributed by atoms with Crippen LogP contribution in [-0.4, -0.2) is 13.2 Å². The molecule has 0 spiro atoms. The van der Waals surface area contributed by atoms with Crippen molar-refractivity contribution in [3.63, 3.8) is 0 Å². The second-order valence-electron chi connectivity index (χ2n) is 5.24. The monoisotopic (exact) mass is 247 g/mol. The van der Waals surface area contributed by atoms with Crippen molar-refractivity contribution in [2.45, 2.75) is 46.1 Å². The number of ether oxygens (including phenoxy) is 1. The lowest BCUT2D eigenvalue weighted by Crippen LogP contribution is -2.26. The van der Waals surface area contributed by atoms with Crippen LogP contribution in [0.15, 0.2) is 18.2 Å². The zero-order valence-electron chi connectivity index (χ0n) is 11.8. The van der Waals surface area contributed by atoms with Gasteiger partial charge in [0.2, 0.25) is 0 Å². The van der Waals surface area contributed by atoms with Gasteiger partial charge in [-0.1, -0.05) is 39.3 Å². The summed E-state index contributed by atoms with van der Waals surface area (Å²) in [5.74, 6) is 1.75. The summed E-state index contributed by atoms with van der Waals surface area (Å²) in [7, 11) is 0. The van der Waals surface area contributed by atoms with Crippen molar-refractivity contribution in [2.24, 2.45) is 5.92 Å². The molecule has 1 aliphatic heterocycles. The van der Waals surface area contributed by atoms with Crippen molar-refractivity contribution < 1.29 is 4.74 Å². The number of hydrogen-bond donors (Lipinski definition) is 1. The van der Waals surface area contributed by atoms with E-state index in [0.29, 0.717) is 12.0 Å². The molecule has 2 atom stereocenters. The standard InChI is InChI=1S/C16H25NO/c1-4-12(3)16(17-5-2)14-8-9-15-13(11-14)7-6-10-18-15/h8-9,11-12,16-17H,4-7,10H2,1-3H3. The molecule has 2 unspecified atom stereocenters. The third-order valence-corrected chi connectivity index (χ3v) is 3.93. The van der Waals surface area contributed by atoms with Gasteiger partial charge in [0.1, 0.15) is 5.75 Å². The first-order chi connectivity index (χ1) is 8.76. The maximum atomic E-state index is 5.68. The van der Waals surface area contributed by atoms with Crippen LogP contribution in [0.5, 0.6) is 5.75 Å². The molecule has 0 radical (unpaired) electrons. The van der Waals surface area contributed by atoms with E-state index >= 15 is 0 Å². The summed E-state index contributed by atoms with van der Waals surface area (Å²) < 4.78 is 5.68. The van der Waals surface area contributed by atoms with Gasteiger partial charge in [-0.05, 0) is 42.5 Å². The lowest BCUT2D eigenvalue weighted by atomic mass is 9.90. The number of rotatable bonds is 5. The van der Waals surface area contributed by atoms with Crippen molar-refractivity contribution >= 4 is 0 Å². The van der Waals surface area contributed by atoms with Crippen LogP contribution in [-0.2, 0) is 6.42 Å². The Bertz CT molecular complexity index is 389. The van der Waals surface area contributed by atoms with Crippen molar-refractivity contribution in [2.75, 3.05) is 13.2 Å². The van der Waals surface area contributed by atoms with Crippen LogP contribution >= 0.6 is 0 Å². The van der Waals surface area contributed by atoms with Gasteiger partial charge in [0, 0.05) is 6.04 Å². The Morgan fingerprint density at radius 2 is 2.17 bits per heavy atom. The third kappa shape index (κ3) is 2.86. The fourth-order valence-electron chi connectivity index (χ4n) is 2.68. The molecule has 0 saturated heterocycles. The van der Waals surface area contributed by atoms with Gasteiger partial charge in [-0.3, -0.25) is 0 Å². The van der Waals surface area contributed by atoms with Gasteiger partial charge < -0.3 is 10.1 Å². The molecule has 1 aromatic carbocycles. The summed E-state index contributed by atoms with van der Waals surface area (Å²) in [6, 6.07) is 7.18. The molecule has 1 heterocycles. The summed E-state index contributed by atoms with van der Waals surface area (Å²) in [5, 5.41) is 3.62. The van der Waals surface area contributed by atoms with E-state index in [1.807, 2.05) is 0 Å². The lowest BCUT2D eigenvalue weighted by molar-refractivity contribution is 0.287. The largest absolute Gasteiger partial charge is 0.493 e. The number of fused-ring (bicyclic) bond motifs is 1. The van der Waals surface area contributed by atoms with Gasteiger partial charge in [0.15, 0.2) is 0 Å². The molecule has 18 heavy (non-hydrogen) atoms. The van der Waals surface area contributed by atoms with Crippen molar-refractivity contribution in [1.82, 2.24) is 5.32 Å². The van der Waals surface area contributed by atoms with Crippen LogP contribution in [0.3, 0.4) is 0 Å². The summed E-state index contributed by atoms with van der Waals surface area (Å²) in [6.07, 6.45) is 3.50. The molecular weight excluding hydrogens is 222 g/mol. The molecule has 2 heteroatoms. The van der Waals surface area contributed by atoms with Crippen LogP contribution in [0.4, 0.5) is 0 Å². The Morgan fingerprint density at radius 3 is 2.89 bits per heavy atom. The molecule has 0 aromatic heterocycles. The molecule has 1 aromatic rings. The zero-order chi connectivity index (χ0) is 13.0. The van der Waals surface area contributed by atoms with Gasteiger partial charge in [-0.15, -0.1) is 0 Å². The predicted molar refractivity (Wildman–Crippen MR) is 76.1 cm³/mol. The topological polar surface area (TPSA) is 21.3 Å². The maximum Gasteiger partial charge on any atom is 0.122 e. The highest BCUT2D eigenvalue weighted by molar-refractivity contribution is 5.39. The van der Waals surface area contributed by atoms with E-state index in [2.05, 4.69) is 44.3 Å².